The molecule has 0 saturated carbocycles. The maximum atomic E-state index is 11.4. The van der Waals surface area contributed by atoms with Crippen molar-refractivity contribution in [3.05, 3.63) is 11.9 Å². The summed E-state index contributed by atoms with van der Waals surface area (Å²) in [5.41, 5.74) is 0.391. The van der Waals surface area contributed by atoms with Crippen LogP contribution in [-0.2, 0) is 23.0 Å². The Kier molecular flexibility index (Phi) is 3.44. The lowest BCUT2D eigenvalue weighted by Crippen LogP contribution is -2.24. The van der Waals surface area contributed by atoms with E-state index in [0.717, 1.165) is 5.69 Å². The van der Waals surface area contributed by atoms with Gasteiger partial charge in [0.2, 0.25) is 0 Å². The highest BCUT2D eigenvalue weighted by Gasteiger charge is 2.16. The van der Waals surface area contributed by atoms with E-state index in [-0.39, 0.29) is 5.97 Å². The molecule has 15 heavy (non-hydrogen) atoms. The number of hydrogen-bond acceptors (Lipinski definition) is 4. The van der Waals surface area contributed by atoms with Gasteiger partial charge < -0.3 is 4.74 Å². The van der Waals surface area contributed by atoms with Gasteiger partial charge in [0, 0.05) is 19.7 Å². The zero-order chi connectivity index (χ0) is 11.5. The Morgan fingerprint density at radius 3 is 2.67 bits per heavy atom. The minimum absolute atomic E-state index is 0.201. The molecule has 0 amide bonds. The standard InChI is InChI=1S/C10H17N3O2/c1-10(2,3)15-9(14)6-5-8-7-13(4)12-11-8/h7H,5-6H2,1-4H3. The van der Waals surface area contributed by atoms with E-state index in [1.807, 2.05) is 20.8 Å². The van der Waals surface area contributed by atoms with Crippen LogP contribution in [0.2, 0.25) is 0 Å². The third-order valence-electron chi connectivity index (χ3n) is 1.66. The predicted octanol–water partition coefficient (Wildman–Crippen LogP) is 1.09. The van der Waals surface area contributed by atoms with E-state index in [1.54, 1.807) is 17.9 Å². The average Bonchev–Trinajstić information content (AvgIpc) is 2.45. The van der Waals surface area contributed by atoms with Gasteiger partial charge >= 0.3 is 5.97 Å². The van der Waals surface area contributed by atoms with E-state index < -0.39 is 5.60 Å². The van der Waals surface area contributed by atoms with E-state index in [4.69, 9.17) is 4.74 Å². The first-order chi connectivity index (χ1) is 6.87. The van der Waals surface area contributed by atoms with Crippen LogP contribution in [0.1, 0.15) is 32.9 Å². The molecule has 0 aromatic carbocycles. The van der Waals surface area contributed by atoms with Crippen LogP contribution in [0.3, 0.4) is 0 Å². The van der Waals surface area contributed by atoms with Crippen LogP contribution in [-0.4, -0.2) is 26.6 Å². The largest absolute Gasteiger partial charge is 0.460 e. The summed E-state index contributed by atoms with van der Waals surface area (Å²) in [5, 5.41) is 7.67. The van der Waals surface area contributed by atoms with E-state index in [0.29, 0.717) is 12.8 Å². The number of hydrogen-bond donors (Lipinski definition) is 0. The number of esters is 1. The Bertz CT molecular complexity index is 339. The van der Waals surface area contributed by atoms with Crippen molar-refractivity contribution in [2.75, 3.05) is 0 Å². The molecule has 5 heteroatoms. The maximum absolute atomic E-state index is 11.4. The fourth-order valence-electron chi connectivity index (χ4n) is 1.13. The van der Waals surface area contributed by atoms with Crippen molar-refractivity contribution >= 4 is 5.97 Å². The highest BCUT2D eigenvalue weighted by molar-refractivity contribution is 5.70. The molecule has 0 aliphatic heterocycles. The topological polar surface area (TPSA) is 57.0 Å². The molecule has 0 fully saturated rings. The molecule has 84 valence electrons. The first kappa shape index (κ1) is 11.7. The zero-order valence-electron chi connectivity index (χ0n) is 9.65. The van der Waals surface area contributed by atoms with Crippen molar-refractivity contribution in [1.29, 1.82) is 0 Å². The summed E-state index contributed by atoms with van der Waals surface area (Å²) in [6, 6.07) is 0. The van der Waals surface area contributed by atoms with Crippen molar-refractivity contribution < 1.29 is 9.53 Å². The first-order valence-electron chi connectivity index (χ1n) is 4.94. The molecule has 0 saturated heterocycles. The van der Waals surface area contributed by atoms with Gasteiger partial charge in [-0.3, -0.25) is 9.48 Å². The molecule has 0 N–H and O–H groups in total. The van der Waals surface area contributed by atoms with Crippen LogP contribution >= 0.6 is 0 Å². The van der Waals surface area contributed by atoms with E-state index in [1.165, 1.54) is 0 Å². The van der Waals surface area contributed by atoms with Gasteiger partial charge in [0.25, 0.3) is 0 Å². The molecule has 0 aliphatic rings. The molecule has 0 spiro atoms. The fourth-order valence-corrected chi connectivity index (χ4v) is 1.13. The Hall–Kier alpha value is -1.39. The molecule has 0 atom stereocenters. The SMILES string of the molecule is Cn1cc(CCC(=O)OC(C)(C)C)nn1. The highest BCUT2D eigenvalue weighted by atomic mass is 16.6. The molecule has 5 nitrogen and oxygen atoms in total. The summed E-state index contributed by atoms with van der Waals surface area (Å²) in [4.78, 5) is 11.4. The summed E-state index contributed by atoms with van der Waals surface area (Å²) in [5.74, 6) is -0.201. The van der Waals surface area contributed by atoms with E-state index in [9.17, 15) is 4.79 Å². The van der Waals surface area contributed by atoms with Crippen LogP contribution in [0.4, 0.5) is 0 Å². The van der Waals surface area contributed by atoms with Crippen molar-refractivity contribution in [2.24, 2.45) is 7.05 Å². The number of aryl methyl sites for hydroxylation is 2. The molecule has 0 aliphatic carbocycles. The molecule has 0 radical (unpaired) electrons. The number of carbonyl (C=O) groups is 1. The van der Waals surface area contributed by atoms with Gasteiger partial charge in [-0.25, -0.2) is 0 Å². The molecular weight excluding hydrogens is 194 g/mol. The monoisotopic (exact) mass is 211 g/mol. The lowest BCUT2D eigenvalue weighted by atomic mass is 10.2. The summed E-state index contributed by atoms with van der Waals surface area (Å²) in [6.07, 6.45) is 2.71. The van der Waals surface area contributed by atoms with Gasteiger partial charge in [0.15, 0.2) is 0 Å². The fraction of sp³-hybridized carbons (Fsp3) is 0.700. The van der Waals surface area contributed by atoms with Gasteiger partial charge in [0.1, 0.15) is 5.60 Å². The quantitative estimate of drug-likeness (QED) is 0.702. The van der Waals surface area contributed by atoms with Crippen LogP contribution in [0.15, 0.2) is 6.20 Å². The van der Waals surface area contributed by atoms with Gasteiger partial charge in [0.05, 0.1) is 12.1 Å². The number of carbonyl (C=O) groups excluding carboxylic acids is 1. The second kappa shape index (κ2) is 4.42. The summed E-state index contributed by atoms with van der Waals surface area (Å²) in [6.45, 7) is 5.56. The van der Waals surface area contributed by atoms with Crippen LogP contribution in [0.25, 0.3) is 0 Å². The molecule has 1 rings (SSSR count). The van der Waals surface area contributed by atoms with Gasteiger partial charge in [-0.2, -0.15) is 0 Å². The third kappa shape index (κ3) is 4.58. The number of aromatic nitrogens is 3. The molecule has 0 unspecified atom stereocenters. The van der Waals surface area contributed by atoms with Crippen molar-refractivity contribution in [3.8, 4) is 0 Å². The Morgan fingerprint density at radius 1 is 1.53 bits per heavy atom. The lowest BCUT2D eigenvalue weighted by molar-refractivity contribution is -0.154. The van der Waals surface area contributed by atoms with Crippen LogP contribution < -0.4 is 0 Å². The van der Waals surface area contributed by atoms with E-state index in [2.05, 4.69) is 10.3 Å². The predicted molar refractivity (Wildman–Crippen MR) is 55.2 cm³/mol. The molecular formula is C10H17N3O2. The first-order valence-corrected chi connectivity index (χ1v) is 4.94. The maximum Gasteiger partial charge on any atom is 0.306 e. The molecule has 1 aromatic heterocycles. The average molecular weight is 211 g/mol. The van der Waals surface area contributed by atoms with E-state index >= 15 is 0 Å². The summed E-state index contributed by atoms with van der Waals surface area (Å²) in [7, 11) is 1.80. The highest BCUT2D eigenvalue weighted by Crippen LogP contribution is 2.09. The number of ether oxygens (including phenoxy) is 1. The Balaban J connectivity index is 2.35. The smallest absolute Gasteiger partial charge is 0.306 e. The minimum atomic E-state index is -0.417. The molecule has 1 aromatic rings. The van der Waals surface area contributed by atoms with Gasteiger partial charge in [-0.15, -0.1) is 5.10 Å². The van der Waals surface area contributed by atoms with Crippen molar-refractivity contribution in [1.82, 2.24) is 15.0 Å². The zero-order valence-corrected chi connectivity index (χ0v) is 9.65. The van der Waals surface area contributed by atoms with Crippen LogP contribution in [0, 0.1) is 0 Å². The lowest BCUT2D eigenvalue weighted by Gasteiger charge is -2.19. The molecule has 1 heterocycles. The number of rotatable bonds is 3. The summed E-state index contributed by atoms with van der Waals surface area (Å²) < 4.78 is 6.79. The van der Waals surface area contributed by atoms with Gasteiger partial charge in [-0.1, -0.05) is 5.21 Å². The third-order valence-corrected chi connectivity index (χ3v) is 1.66. The molecule has 0 bridgehead atoms. The Morgan fingerprint density at radius 2 is 2.20 bits per heavy atom. The second-order valence-corrected chi connectivity index (χ2v) is 4.47. The number of nitrogens with zero attached hydrogens (tertiary/aromatic N) is 3. The minimum Gasteiger partial charge on any atom is -0.460 e. The van der Waals surface area contributed by atoms with Crippen LogP contribution in [0.5, 0.6) is 0 Å². The Labute approximate surface area is 89.4 Å². The van der Waals surface area contributed by atoms with Gasteiger partial charge in [-0.05, 0) is 20.8 Å². The van der Waals surface area contributed by atoms with Crippen molar-refractivity contribution in [2.45, 2.75) is 39.2 Å². The second-order valence-electron chi connectivity index (χ2n) is 4.47. The normalized spacial score (nSPS) is 11.5. The van der Waals surface area contributed by atoms with Crippen molar-refractivity contribution in [3.63, 3.8) is 0 Å². The summed E-state index contributed by atoms with van der Waals surface area (Å²) >= 11 is 0.